The van der Waals surface area contributed by atoms with E-state index in [1.54, 1.807) is 6.07 Å². The third-order valence-electron chi connectivity index (χ3n) is 6.58. The molecular formula is C17H16N3O4-. The Hall–Kier alpha value is -2.57. The molecule has 1 fully saturated rings. The zero-order valence-electron chi connectivity index (χ0n) is 13.6. The molecule has 0 saturated heterocycles. The summed E-state index contributed by atoms with van der Waals surface area (Å²) in [6.45, 7) is 5.87. The van der Waals surface area contributed by atoms with Crippen LogP contribution in [-0.2, 0) is 15.6 Å². The Kier molecular flexibility index (Phi) is 2.55. The normalized spacial score (nSPS) is 29.6. The number of carboxylic acids is 1. The van der Waals surface area contributed by atoms with Gasteiger partial charge in [-0.1, -0.05) is 20.8 Å². The molecule has 1 aromatic heterocycles. The van der Waals surface area contributed by atoms with E-state index < -0.39 is 27.1 Å². The number of fused-ring (bicyclic) bond motifs is 6. The molecule has 0 N–H and O–H groups in total. The molecule has 2 aliphatic carbocycles. The summed E-state index contributed by atoms with van der Waals surface area (Å²) in [4.78, 5) is 31.8. The molecule has 0 unspecified atom stereocenters. The number of carbonyl (C=O) groups is 1. The van der Waals surface area contributed by atoms with Gasteiger partial charge in [-0.3, -0.25) is 10.1 Å². The van der Waals surface area contributed by atoms with Gasteiger partial charge in [-0.15, -0.1) is 0 Å². The number of carboxylic acid groups (broad SMARTS) is 1. The summed E-state index contributed by atoms with van der Waals surface area (Å²) in [6.07, 6.45) is 1.15. The fourth-order valence-electron chi connectivity index (χ4n) is 4.65. The summed E-state index contributed by atoms with van der Waals surface area (Å²) >= 11 is 0. The van der Waals surface area contributed by atoms with Crippen molar-refractivity contribution in [2.45, 2.75) is 44.4 Å². The number of hydrogen-bond acceptors (Lipinski definition) is 6. The van der Waals surface area contributed by atoms with Gasteiger partial charge in [0.25, 0.3) is 5.69 Å². The van der Waals surface area contributed by atoms with Crippen molar-refractivity contribution in [2.75, 3.05) is 0 Å². The summed E-state index contributed by atoms with van der Waals surface area (Å²) in [5.41, 5.74) is -0.321. The summed E-state index contributed by atoms with van der Waals surface area (Å²) in [7, 11) is 0. The van der Waals surface area contributed by atoms with Crippen LogP contribution in [0.1, 0.15) is 45.0 Å². The van der Waals surface area contributed by atoms with Gasteiger partial charge in [-0.25, -0.2) is 9.97 Å². The lowest BCUT2D eigenvalue weighted by Gasteiger charge is -2.41. The van der Waals surface area contributed by atoms with Crippen molar-refractivity contribution in [2.24, 2.45) is 5.41 Å². The number of benzene rings is 1. The number of rotatable bonds is 2. The van der Waals surface area contributed by atoms with Crippen LogP contribution in [0.2, 0.25) is 0 Å². The Morgan fingerprint density at radius 1 is 1.12 bits per heavy atom. The number of aliphatic carboxylic acids is 1. The van der Waals surface area contributed by atoms with Gasteiger partial charge in [0.05, 0.1) is 38.7 Å². The molecule has 2 atom stereocenters. The Morgan fingerprint density at radius 2 is 1.79 bits per heavy atom. The van der Waals surface area contributed by atoms with E-state index in [9.17, 15) is 20.0 Å². The molecule has 24 heavy (non-hydrogen) atoms. The predicted octanol–water partition coefficient (Wildman–Crippen LogP) is 1.62. The fourth-order valence-corrected chi connectivity index (χ4v) is 4.65. The van der Waals surface area contributed by atoms with Crippen molar-refractivity contribution in [3.63, 3.8) is 0 Å². The van der Waals surface area contributed by atoms with E-state index in [4.69, 9.17) is 0 Å². The number of hydrogen-bond donors (Lipinski definition) is 0. The molecule has 7 heteroatoms. The van der Waals surface area contributed by atoms with Crippen molar-refractivity contribution in [3.8, 4) is 0 Å². The third-order valence-corrected chi connectivity index (χ3v) is 6.58. The largest absolute Gasteiger partial charge is 0.549 e. The summed E-state index contributed by atoms with van der Waals surface area (Å²) in [5, 5.41) is 23.1. The van der Waals surface area contributed by atoms with E-state index >= 15 is 0 Å². The van der Waals surface area contributed by atoms with Crippen molar-refractivity contribution >= 4 is 22.7 Å². The van der Waals surface area contributed by atoms with Crippen LogP contribution < -0.4 is 5.11 Å². The lowest BCUT2D eigenvalue weighted by Crippen LogP contribution is -2.52. The molecule has 124 valence electrons. The van der Waals surface area contributed by atoms with Gasteiger partial charge < -0.3 is 9.90 Å². The van der Waals surface area contributed by atoms with Crippen LogP contribution in [0.3, 0.4) is 0 Å². The molecule has 2 bridgehead atoms. The van der Waals surface area contributed by atoms with Crippen LogP contribution in [0.25, 0.3) is 11.0 Å². The van der Waals surface area contributed by atoms with Crippen LogP contribution in [0.5, 0.6) is 0 Å². The molecule has 0 aliphatic heterocycles. The number of nitro groups is 1. The maximum Gasteiger partial charge on any atom is 0.271 e. The SMILES string of the molecule is CC1(C)[C@@]2(C)CC[C@]1(C(=O)[O-])c1nc3cc([N+](=O)[O-])ccc3nc12. The minimum atomic E-state index is -1.21. The van der Waals surface area contributed by atoms with E-state index in [0.717, 1.165) is 0 Å². The predicted molar refractivity (Wildman–Crippen MR) is 83.2 cm³/mol. The zero-order chi connectivity index (χ0) is 17.5. The van der Waals surface area contributed by atoms with Crippen LogP contribution in [0.15, 0.2) is 18.2 Å². The van der Waals surface area contributed by atoms with E-state index in [1.165, 1.54) is 12.1 Å². The molecule has 0 amide bonds. The second-order valence-electron chi connectivity index (χ2n) is 7.50. The van der Waals surface area contributed by atoms with Crippen LogP contribution in [0, 0.1) is 15.5 Å². The maximum atomic E-state index is 12.1. The summed E-state index contributed by atoms with van der Waals surface area (Å²) in [6, 6.07) is 4.29. The molecule has 2 aromatic rings. The standard InChI is InChI=1S/C17H17N3O4/c1-15(2)16(3)6-7-17(15,14(21)22)13-12(16)18-10-5-4-9(20(23)24)8-11(10)19-13/h4-5,8H,6-7H2,1-3H3,(H,21,22)/p-1/t16-,17+/m0/s1. The number of nitro benzene ring substituents is 1. The highest BCUT2D eigenvalue weighted by Crippen LogP contribution is 2.69. The molecule has 2 aliphatic rings. The first-order chi connectivity index (χ1) is 11.1. The first-order valence-corrected chi connectivity index (χ1v) is 7.84. The number of carbonyl (C=O) groups excluding carboxylic acids is 1. The molecule has 4 rings (SSSR count). The quantitative estimate of drug-likeness (QED) is 0.612. The molecular weight excluding hydrogens is 310 g/mol. The Morgan fingerprint density at radius 3 is 2.42 bits per heavy atom. The van der Waals surface area contributed by atoms with Gasteiger partial charge in [-0.05, 0) is 24.3 Å². The number of non-ortho nitro benzene ring substituents is 1. The maximum absolute atomic E-state index is 12.1. The second kappa shape index (κ2) is 4.09. The van der Waals surface area contributed by atoms with Gasteiger partial charge in [0, 0.05) is 17.5 Å². The highest BCUT2D eigenvalue weighted by Gasteiger charge is 2.70. The minimum Gasteiger partial charge on any atom is -0.549 e. The van der Waals surface area contributed by atoms with Crippen molar-refractivity contribution in [1.82, 2.24) is 9.97 Å². The molecule has 1 aromatic carbocycles. The van der Waals surface area contributed by atoms with Crippen LogP contribution in [0.4, 0.5) is 5.69 Å². The second-order valence-corrected chi connectivity index (χ2v) is 7.50. The topological polar surface area (TPSA) is 109 Å². The van der Waals surface area contributed by atoms with E-state index in [-0.39, 0.29) is 5.69 Å². The average Bonchev–Trinajstić information content (AvgIpc) is 2.81. The van der Waals surface area contributed by atoms with Gasteiger partial charge in [0.1, 0.15) is 0 Å². The van der Waals surface area contributed by atoms with Crippen molar-refractivity contribution in [3.05, 3.63) is 39.7 Å². The zero-order valence-corrected chi connectivity index (χ0v) is 13.6. The smallest absolute Gasteiger partial charge is 0.271 e. The van der Waals surface area contributed by atoms with Crippen LogP contribution >= 0.6 is 0 Å². The highest BCUT2D eigenvalue weighted by molar-refractivity contribution is 5.87. The number of aromatic nitrogens is 2. The fraction of sp³-hybridized carbons (Fsp3) is 0.471. The monoisotopic (exact) mass is 326 g/mol. The van der Waals surface area contributed by atoms with Gasteiger partial charge in [0.2, 0.25) is 0 Å². The first-order valence-electron chi connectivity index (χ1n) is 7.84. The van der Waals surface area contributed by atoms with Gasteiger partial charge >= 0.3 is 0 Å². The Labute approximate surface area is 137 Å². The lowest BCUT2D eigenvalue weighted by molar-refractivity contribution is -0.384. The van der Waals surface area contributed by atoms with E-state index in [2.05, 4.69) is 9.97 Å². The van der Waals surface area contributed by atoms with Gasteiger partial charge in [0.15, 0.2) is 0 Å². The Bertz CT molecular complexity index is 939. The third kappa shape index (κ3) is 1.37. The molecule has 1 heterocycles. The van der Waals surface area contributed by atoms with Crippen LogP contribution in [-0.4, -0.2) is 20.9 Å². The summed E-state index contributed by atoms with van der Waals surface area (Å²) < 4.78 is 0. The lowest BCUT2D eigenvalue weighted by atomic mass is 9.64. The van der Waals surface area contributed by atoms with Crippen molar-refractivity contribution in [1.29, 1.82) is 0 Å². The minimum absolute atomic E-state index is 0.0899. The van der Waals surface area contributed by atoms with Gasteiger partial charge in [-0.2, -0.15) is 0 Å². The van der Waals surface area contributed by atoms with E-state index in [1.807, 2.05) is 20.8 Å². The van der Waals surface area contributed by atoms with E-state index in [0.29, 0.717) is 35.3 Å². The average molecular weight is 326 g/mol. The van der Waals surface area contributed by atoms with Crippen molar-refractivity contribution < 1.29 is 14.8 Å². The molecule has 0 spiro atoms. The molecule has 0 radical (unpaired) electrons. The molecule has 1 saturated carbocycles. The highest BCUT2D eigenvalue weighted by atomic mass is 16.6. The number of nitrogens with zero attached hydrogens (tertiary/aromatic N) is 3. The Balaban J connectivity index is 2.08. The molecule has 7 nitrogen and oxygen atoms in total. The summed E-state index contributed by atoms with van der Waals surface area (Å²) in [5.74, 6) is -1.14. The first kappa shape index (κ1) is 15.0.